The van der Waals surface area contributed by atoms with Gasteiger partial charge in [-0.15, -0.1) is 0 Å². The summed E-state index contributed by atoms with van der Waals surface area (Å²) in [7, 11) is 1.50. The lowest BCUT2D eigenvalue weighted by Crippen LogP contribution is -2.13. The Hall–Kier alpha value is -3.22. The number of hydrogen-bond acceptors (Lipinski definition) is 5. The molecule has 1 unspecified atom stereocenters. The number of nitrogens with zero attached hydrogens (tertiary/aromatic N) is 1. The van der Waals surface area contributed by atoms with Crippen LogP contribution in [0.5, 0.6) is 11.5 Å². The average Bonchev–Trinajstić information content (AvgIpc) is 2.73. The molecule has 1 amide bonds. The predicted octanol–water partition coefficient (Wildman–Crippen LogP) is 5.85. The second-order valence-corrected chi connectivity index (χ2v) is 7.46. The number of rotatable bonds is 8. The van der Waals surface area contributed by atoms with Crippen molar-refractivity contribution in [1.82, 2.24) is 4.98 Å². The zero-order valence-corrected chi connectivity index (χ0v) is 19.7. The maximum atomic E-state index is 13.5. The number of pyridine rings is 1. The van der Waals surface area contributed by atoms with Gasteiger partial charge in [-0.1, -0.05) is 40.7 Å². The molecular formula is C26H37FN2O4. The minimum atomic E-state index is -0.405. The Morgan fingerprint density at radius 1 is 1.21 bits per heavy atom. The van der Waals surface area contributed by atoms with Gasteiger partial charge in [-0.3, -0.25) is 14.6 Å². The Kier molecular flexibility index (Phi) is 13.3. The van der Waals surface area contributed by atoms with Crippen LogP contribution in [0.1, 0.15) is 71.2 Å². The van der Waals surface area contributed by atoms with Gasteiger partial charge in [0.05, 0.1) is 12.8 Å². The van der Waals surface area contributed by atoms with Crippen LogP contribution in [0, 0.1) is 18.7 Å². The molecule has 182 valence electrons. The molecule has 0 bridgehead atoms. The summed E-state index contributed by atoms with van der Waals surface area (Å²) < 4.78 is 24.0. The van der Waals surface area contributed by atoms with Crippen LogP contribution in [0.4, 0.5) is 4.39 Å². The number of amides is 1. The van der Waals surface area contributed by atoms with Crippen LogP contribution in [0.2, 0.25) is 0 Å². The molecule has 1 heterocycles. The molecule has 0 fully saturated rings. The number of methoxy groups -OCH3 is 1. The second-order valence-electron chi connectivity index (χ2n) is 7.46. The molecule has 2 aromatic rings. The molecule has 0 aliphatic rings. The molecule has 33 heavy (non-hydrogen) atoms. The van der Waals surface area contributed by atoms with Gasteiger partial charge >= 0.3 is 5.97 Å². The van der Waals surface area contributed by atoms with Gasteiger partial charge in [-0.2, -0.15) is 0 Å². The van der Waals surface area contributed by atoms with Gasteiger partial charge in [-0.25, -0.2) is 4.39 Å². The standard InChI is InChI=1S/C19H20FNO3.C6H13NO.CH4/c1-5-6-16(17-8-7-15(20)10-19(17)23-4)14-9-18(24-13(3)22)12(2)21-11-14;1-3-5(2)4-6(7)8;/h6-11H,5H2,1-4H3;5H,3-4H2,1-2H3,(H2,7,8);1H4/b16-6-;;. The van der Waals surface area contributed by atoms with E-state index in [9.17, 15) is 14.0 Å². The molecule has 0 saturated carbocycles. The van der Waals surface area contributed by atoms with Crippen molar-refractivity contribution in [1.29, 1.82) is 0 Å². The third-order valence-corrected chi connectivity index (χ3v) is 4.71. The Morgan fingerprint density at radius 3 is 2.36 bits per heavy atom. The summed E-state index contributed by atoms with van der Waals surface area (Å²) in [5.74, 6) is 0.325. The number of ether oxygens (including phenoxy) is 2. The Bertz CT molecular complexity index is 957. The molecule has 0 aliphatic heterocycles. The number of allylic oxidation sites excluding steroid dienone is 1. The molecule has 2 N–H and O–H groups in total. The minimum Gasteiger partial charge on any atom is -0.496 e. The fourth-order valence-corrected chi connectivity index (χ4v) is 2.88. The number of primary amides is 1. The predicted molar refractivity (Wildman–Crippen MR) is 131 cm³/mol. The maximum Gasteiger partial charge on any atom is 0.308 e. The van der Waals surface area contributed by atoms with Crippen LogP contribution in [0.25, 0.3) is 5.57 Å². The SMILES string of the molecule is C.CC/C=C(/c1cnc(C)c(OC(C)=O)c1)c1ccc(F)cc1OC.CCC(C)CC(N)=O. The zero-order chi connectivity index (χ0) is 24.3. The Balaban J connectivity index is 0.000000978. The minimum absolute atomic E-state index is 0. The van der Waals surface area contributed by atoms with Gasteiger partial charge in [-0.05, 0) is 43.0 Å². The monoisotopic (exact) mass is 460 g/mol. The summed E-state index contributed by atoms with van der Waals surface area (Å²) in [6.07, 6.45) is 6.03. The lowest BCUT2D eigenvalue weighted by Gasteiger charge is -2.14. The first kappa shape index (κ1) is 29.8. The first-order valence-corrected chi connectivity index (χ1v) is 10.6. The van der Waals surface area contributed by atoms with E-state index >= 15 is 0 Å². The lowest BCUT2D eigenvalue weighted by atomic mass is 9.97. The highest BCUT2D eigenvalue weighted by atomic mass is 19.1. The van der Waals surface area contributed by atoms with Crippen molar-refractivity contribution >= 4 is 17.4 Å². The number of carbonyl (C=O) groups is 2. The molecule has 2 rings (SSSR count). The van der Waals surface area contributed by atoms with Crippen molar-refractivity contribution in [3.8, 4) is 11.5 Å². The van der Waals surface area contributed by atoms with E-state index in [0.717, 1.165) is 29.5 Å². The summed E-state index contributed by atoms with van der Waals surface area (Å²) in [4.78, 5) is 25.7. The number of carbonyl (C=O) groups excluding carboxylic acids is 2. The van der Waals surface area contributed by atoms with Gasteiger partial charge in [0, 0.05) is 36.7 Å². The molecule has 0 radical (unpaired) electrons. The fraction of sp³-hybridized carbons (Fsp3) is 0.423. The van der Waals surface area contributed by atoms with Crippen LogP contribution in [-0.2, 0) is 9.59 Å². The van der Waals surface area contributed by atoms with E-state index in [-0.39, 0.29) is 19.2 Å². The van der Waals surface area contributed by atoms with Crippen molar-refractivity contribution in [2.75, 3.05) is 7.11 Å². The van der Waals surface area contributed by atoms with Gasteiger partial charge < -0.3 is 15.2 Å². The highest BCUT2D eigenvalue weighted by molar-refractivity contribution is 5.83. The highest BCUT2D eigenvalue weighted by Crippen LogP contribution is 2.33. The Labute approximate surface area is 197 Å². The van der Waals surface area contributed by atoms with Gasteiger partial charge in [0.2, 0.25) is 5.91 Å². The number of esters is 1. The van der Waals surface area contributed by atoms with Crippen molar-refractivity contribution in [3.05, 3.63) is 59.2 Å². The molecule has 1 aromatic carbocycles. The summed E-state index contributed by atoms with van der Waals surface area (Å²) in [6.45, 7) is 9.19. The van der Waals surface area contributed by atoms with Crippen LogP contribution < -0.4 is 15.2 Å². The molecule has 1 aromatic heterocycles. The van der Waals surface area contributed by atoms with Gasteiger partial charge in [0.25, 0.3) is 0 Å². The van der Waals surface area contributed by atoms with Gasteiger partial charge in [0.15, 0.2) is 5.75 Å². The second kappa shape index (κ2) is 14.8. The first-order chi connectivity index (χ1) is 15.1. The van der Waals surface area contributed by atoms with Crippen molar-refractivity contribution in [2.45, 2.75) is 61.3 Å². The largest absolute Gasteiger partial charge is 0.496 e. The van der Waals surface area contributed by atoms with E-state index in [1.807, 2.05) is 26.8 Å². The summed E-state index contributed by atoms with van der Waals surface area (Å²) in [5, 5.41) is 0. The van der Waals surface area contributed by atoms with E-state index in [2.05, 4.69) is 4.98 Å². The number of halogens is 1. The van der Waals surface area contributed by atoms with Crippen molar-refractivity contribution < 1.29 is 23.5 Å². The zero-order valence-electron chi connectivity index (χ0n) is 19.7. The van der Waals surface area contributed by atoms with Crippen LogP contribution in [0.3, 0.4) is 0 Å². The van der Waals surface area contributed by atoms with E-state index < -0.39 is 5.97 Å². The number of hydrogen-bond donors (Lipinski definition) is 1. The Morgan fingerprint density at radius 2 is 1.88 bits per heavy atom. The van der Waals surface area contributed by atoms with Crippen LogP contribution >= 0.6 is 0 Å². The average molecular weight is 461 g/mol. The fourth-order valence-electron chi connectivity index (χ4n) is 2.88. The smallest absolute Gasteiger partial charge is 0.308 e. The molecule has 6 nitrogen and oxygen atoms in total. The topological polar surface area (TPSA) is 91.5 Å². The number of aromatic nitrogens is 1. The quantitative estimate of drug-likeness (QED) is 0.499. The van der Waals surface area contributed by atoms with E-state index in [1.165, 1.54) is 26.2 Å². The molecule has 1 atom stereocenters. The number of benzene rings is 1. The third kappa shape index (κ3) is 9.85. The molecular weight excluding hydrogens is 423 g/mol. The highest BCUT2D eigenvalue weighted by Gasteiger charge is 2.14. The lowest BCUT2D eigenvalue weighted by molar-refractivity contribution is -0.132. The van der Waals surface area contributed by atoms with Crippen molar-refractivity contribution in [3.63, 3.8) is 0 Å². The number of nitrogens with two attached hydrogens (primary N) is 1. The van der Waals surface area contributed by atoms with Crippen molar-refractivity contribution in [2.24, 2.45) is 11.7 Å². The maximum absolute atomic E-state index is 13.5. The normalized spacial score (nSPS) is 11.4. The van der Waals surface area contributed by atoms with E-state index in [0.29, 0.717) is 29.5 Å². The van der Waals surface area contributed by atoms with Gasteiger partial charge in [0.1, 0.15) is 11.6 Å². The van der Waals surface area contributed by atoms with E-state index in [1.54, 1.807) is 25.3 Å². The molecule has 0 aliphatic carbocycles. The third-order valence-electron chi connectivity index (χ3n) is 4.71. The summed E-state index contributed by atoms with van der Waals surface area (Å²) >= 11 is 0. The summed E-state index contributed by atoms with van der Waals surface area (Å²) in [6, 6.07) is 6.15. The summed E-state index contributed by atoms with van der Waals surface area (Å²) in [5.41, 5.74) is 7.91. The molecule has 0 spiro atoms. The number of aryl methyl sites for hydroxylation is 1. The molecule has 7 heteroatoms. The first-order valence-electron chi connectivity index (χ1n) is 10.6. The van der Waals surface area contributed by atoms with Crippen LogP contribution in [-0.4, -0.2) is 24.0 Å². The van der Waals surface area contributed by atoms with E-state index in [4.69, 9.17) is 15.2 Å². The van der Waals surface area contributed by atoms with Crippen LogP contribution in [0.15, 0.2) is 36.5 Å². The molecule has 0 saturated heterocycles.